The molecule has 0 saturated carbocycles. The zero-order valence-corrected chi connectivity index (χ0v) is 15.3. The number of ether oxygens (including phenoxy) is 1. The highest BCUT2D eigenvalue weighted by Gasteiger charge is 2.07. The smallest absolute Gasteiger partial charge is 0.126 e. The van der Waals surface area contributed by atoms with E-state index in [-0.39, 0.29) is 0 Å². The first kappa shape index (κ1) is 17.6. The Labute approximate surface area is 155 Å². The monoisotopic (exact) mass is 350 g/mol. The second-order valence-corrected chi connectivity index (χ2v) is 6.67. The van der Waals surface area contributed by atoms with E-state index in [1.807, 2.05) is 18.2 Å². The van der Waals surface area contributed by atoms with E-state index in [1.165, 1.54) is 24.0 Å². The molecule has 0 aliphatic carbocycles. The summed E-state index contributed by atoms with van der Waals surface area (Å²) in [5, 5.41) is 0.726. The van der Waals surface area contributed by atoms with Gasteiger partial charge in [-0.15, -0.1) is 0 Å². The van der Waals surface area contributed by atoms with Crippen LogP contribution in [0.15, 0.2) is 72.8 Å². The number of methoxy groups -OCH3 is 1. The molecule has 25 heavy (non-hydrogen) atoms. The zero-order chi connectivity index (χ0) is 17.5. The minimum atomic E-state index is 0.726. The third kappa shape index (κ3) is 4.87. The number of halogens is 1. The summed E-state index contributed by atoms with van der Waals surface area (Å²) in [5.74, 6) is 0.852. The molecule has 0 heterocycles. The molecule has 0 bridgehead atoms. The van der Waals surface area contributed by atoms with E-state index in [9.17, 15) is 0 Å². The molecule has 0 amide bonds. The van der Waals surface area contributed by atoms with E-state index in [0.717, 1.165) is 34.7 Å². The van der Waals surface area contributed by atoms with Crippen LogP contribution in [0, 0.1) is 0 Å². The second kappa shape index (κ2) is 8.73. The highest BCUT2D eigenvalue weighted by Crippen LogP contribution is 2.33. The minimum absolute atomic E-state index is 0.726. The van der Waals surface area contributed by atoms with E-state index in [4.69, 9.17) is 16.3 Å². The first-order chi connectivity index (χ1) is 12.3. The summed E-state index contributed by atoms with van der Waals surface area (Å²) < 4.78 is 5.48. The van der Waals surface area contributed by atoms with Crippen LogP contribution < -0.4 is 4.74 Å². The topological polar surface area (TPSA) is 9.23 Å². The summed E-state index contributed by atoms with van der Waals surface area (Å²) in [6.45, 7) is 0. The summed E-state index contributed by atoms with van der Waals surface area (Å²) in [6.07, 6.45) is 4.62. The van der Waals surface area contributed by atoms with Gasteiger partial charge in [0.15, 0.2) is 0 Å². The number of hydrogen-bond acceptors (Lipinski definition) is 1. The lowest BCUT2D eigenvalue weighted by atomic mass is 9.99. The highest BCUT2D eigenvalue weighted by molar-refractivity contribution is 6.31. The Hall–Kier alpha value is -2.25. The molecule has 128 valence electrons. The van der Waals surface area contributed by atoms with E-state index >= 15 is 0 Å². The second-order valence-electron chi connectivity index (χ2n) is 6.24. The molecule has 0 N–H and O–H groups in total. The van der Waals surface area contributed by atoms with Crippen molar-refractivity contribution in [2.24, 2.45) is 0 Å². The fraction of sp³-hybridized carbons (Fsp3) is 0.217. The fourth-order valence-electron chi connectivity index (χ4n) is 3.10. The minimum Gasteiger partial charge on any atom is -0.496 e. The molecule has 3 rings (SSSR count). The van der Waals surface area contributed by atoms with Crippen molar-refractivity contribution in [2.45, 2.75) is 25.7 Å². The standard InChI is InChI=1S/C23H23ClO/c1-25-23-15-14-21(24)17-22(23)20-13-7-12-19(16-20)11-6-5-10-18-8-3-2-4-9-18/h2-4,7-9,12-17H,5-6,10-11H2,1H3. The lowest BCUT2D eigenvalue weighted by Gasteiger charge is -2.11. The van der Waals surface area contributed by atoms with Crippen molar-refractivity contribution in [2.75, 3.05) is 7.11 Å². The number of benzene rings is 3. The SMILES string of the molecule is COc1ccc(Cl)cc1-c1cccc(CCCCc2ccccc2)c1. The molecule has 0 aliphatic heterocycles. The van der Waals surface area contributed by atoms with Crippen molar-refractivity contribution in [3.63, 3.8) is 0 Å². The number of aryl methyl sites for hydroxylation is 2. The van der Waals surface area contributed by atoms with Gasteiger partial charge in [-0.25, -0.2) is 0 Å². The lowest BCUT2D eigenvalue weighted by molar-refractivity contribution is 0.416. The van der Waals surface area contributed by atoms with Crippen LogP contribution in [0.5, 0.6) is 5.75 Å². The molecule has 0 radical (unpaired) electrons. The van der Waals surface area contributed by atoms with Crippen LogP contribution in [0.1, 0.15) is 24.0 Å². The van der Waals surface area contributed by atoms with Crippen LogP contribution in [0.2, 0.25) is 5.02 Å². The van der Waals surface area contributed by atoms with Crippen molar-refractivity contribution in [1.29, 1.82) is 0 Å². The normalized spacial score (nSPS) is 10.6. The molecular formula is C23H23ClO. The molecule has 0 fully saturated rings. The molecule has 1 nitrogen and oxygen atoms in total. The molecule has 0 unspecified atom stereocenters. The Kier molecular flexibility index (Phi) is 6.14. The van der Waals surface area contributed by atoms with Gasteiger partial charge in [-0.3, -0.25) is 0 Å². The van der Waals surface area contributed by atoms with Crippen LogP contribution in [-0.2, 0) is 12.8 Å². The molecular weight excluding hydrogens is 328 g/mol. The molecule has 3 aromatic rings. The first-order valence-electron chi connectivity index (χ1n) is 8.73. The third-order valence-electron chi connectivity index (χ3n) is 4.42. The number of hydrogen-bond donors (Lipinski definition) is 0. The summed E-state index contributed by atoms with van der Waals surface area (Å²) >= 11 is 6.17. The molecule has 0 aromatic heterocycles. The van der Waals surface area contributed by atoms with E-state index in [2.05, 4.69) is 54.6 Å². The predicted molar refractivity (Wildman–Crippen MR) is 107 cm³/mol. The van der Waals surface area contributed by atoms with Crippen molar-refractivity contribution >= 4 is 11.6 Å². The first-order valence-corrected chi connectivity index (χ1v) is 9.11. The maximum Gasteiger partial charge on any atom is 0.126 e. The van der Waals surface area contributed by atoms with Crippen LogP contribution in [0.25, 0.3) is 11.1 Å². The summed E-state index contributed by atoms with van der Waals surface area (Å²) in [4.78, 5) is 0. The average molecular weight is 351 g/mol. The van der Waals surface area contributed by atoms with Gasteiger partial charge in [0.1, 0.15) is 5.75 Å². The van der Waals surface area contributed by atoms with Crippen LogP contribution in [0.4, 0.5) is 0 Å². The zero-order valence-electron chi connectivity index (χ0n) is 14.5. The maximum atomic E-state index is 6.17. The Morgan fingerprint density at radius 1 is 0.760 bits per heavy atom. The lowest BCUT2D eigenvalue weighted by Crippen LogP contribution is -1.91. The highest BCUT2D eigenvalue weighted by atomic mass is 35.5. The van der Waals surface area contributed by atoms with Gasteiger partial charge in [0.25, 0.3) is 0 Å². The number of unbranched alkanes of at least 4 members (excludes halogenated alkanes) is 1. The Morgan fingerprint density at radius 2 is 1.48 bits per heavy atom. The van der Waals surface area contributed by atoms with Crippen molar-refractivity contribution < 1.29 is 4.74 Å². The van der Waals surface area contributed by atoms with Crippen LogP contribution >= 0.6 is 11.6 Å². The molecule has 0 atom stereocenters. The Morgan fingerprint density at radius 3 is 2.24 bits per heavy atom. The van der Waals surface area contributed by atoms with Gasteiger partial charge in [-0.2, -0.15) is 0 Å². The molecule has 0 spiro atoms. The van der Waals surface area contributed by atoms with Gasteiger partial charge in [0, 0.05) is 10.6 Å². The van der Waals surface area contributed by atoms with Crippen molar-refractivity contribution in [3.8, 4) is 16.9 Å². The number of rotatable bonds is 7. The average Bonchev–Trinajstić information content (AvgIpc) is 2.66. The van der Waals surface area contributed by atoms with E-state index in [0.29, 0.717) is 0 Å². The van der Waals surface area contributed by atoms with Gasteiger partial charge < -0.3 is 4.74 Å². The van der Waals surface area contributed by atoms with Gasteiger partial charge in [-0.05, 0) is 60.6 Å². The van der Waals surface area contributed by atoms with E-state index < -0.39 is 0 Å². The fourth-order valence-corrected chi connectivity index (χ4v) is 3.28. The Bertz CT molecular complexity index is 811. The molecule has 2 heteroatoms. The van der Waals surface area contributed by atoms with E-state index in [1.54, 1.807) is 7.11 Å². The Balaban J connectivity index is 1.65. The van der Waals surface area contributed by atoms with Gasteiger partial charge >= 0.3 is 0 Å². The predicted octanol–water partition coefficient (Wildman–Crippen LogP) is 6.58. The van der Waals surface area contributed by atoms with Crippen molar-refractivity contribution in [3.05, 3.63) is 88.9 Å². The maximum absolute atomic E-state index is 6.17. The molecule has 0 saturated heterocycles. The summed E-state index contributed by atoms with van der Waals surface area (Å²) in [7, 11) is 1.69. The molecule has 3 aromatic carbocycles. The molecule has 0 aliphatic rings. The van der Waals surface area contributed by atoms with Crippen LogP contribution in [0.3, 0.4) is 0 Å². The third-order valence-corrected chi connectivity index (χ3v) is 4.66. The van der Waals surface area contributed by atoms with Crippen LogP contribution in [-0.4, -0.2) is 7.11 Å². The quantitative estimate of drug-likeness (QED) is 0.437. The van der Waals surface area contributed by atoms with Crippen molar-refractivity contribution in [1.82, 2.24) is 0 Å². The van der Waals surface area contributed by atoms with Gasteiger partial charge in [-0.1, -0.05) is 66.2 Å². The van der Waals surface area contributed by atoms with Gasteiger partial charge in [0.2, 0.25) is 0 Å². The summed E-state index contributed by atoms with van der Waals surface area (Å²) in [6, 6.07) is 25.1. The van der Waals surface area contributed by atoms with Gasteiger partial charge in [0.05, 0.1) is 7.11 Å². The summed E-state index contributed by atoms with van der Waals surface area (Å²) in [5.41, 5.74) is 4.97. The largest absolute Gasteiger partial charge is 0.496 e.